The smallest absolute Gasteiger partial charge is 0.243 e. The van der Waals surface area contributed by atoms with Crippen LogP contribution < -0.4 is 10.6 Å². The summed E-state index contributed by atoms with van der Waals surface area (Å²) in [7, 11) is -3.91. The first kappa shape index (κ1) is 25.9. The molecule has 2 aromatic rings. The Balaban J connectivity index is 1.28. The van der Waals surface area contributed by atoms with E-state index in [2.05, 4.69) is 33.7 Å². The monoisotopic (exact) mass is 524 g/mol. The van der Waals surface area contributed by atoms with Gasteiger partial charge in [0.05, 0.1) is 17.4 Å². The molecule has 0 bridgehead atoms. The number of nitrogens with one attached hydrogen (secondary N) is 2. The van der Waals surface area contributed by atoms with E-state index in [1.807, 2.05) is 6.92 Å². The zero-order chi connectivity index (χ0) is 26.0. The van der Waals surface area contributed by atoms with Crippen molar-refractivity contribution in [3.8, 4) is 0 Å². The number of amides is 2. The lowest BCUT2D eigenvalue weighted by molar-refractivity contribution is -0.132. The van der Waals surface area contributed by atoms with Crippen LogP contribution in [0.15, 0.2) is 47.4 Å². The Morgan fingerprint density at radius 3 is 2.57 bits per heavy atom. The second kappa shape index (κ2) is 10.9. The van der Waals surface area contributed by atoms with Gasteiger partial charge in [0.15, 0.2) is 0 Å². The first-order valence-electron chi connectivity index (χ1n) is 13.3. The van der Waals surface area contributed by atoms with Crippen LogP contribution in [0.4, 0.5) is 0 Å². The molecule has 3 aliphatic rings. The lowest BCUT2D eigenvalue weighted by Gasteiger charge is -2.34. The number of likely N-dealkylation sites (tertiary alicyclic amines) is 1. The summed E-state index contributed by atoms with van der Waals surface area (Å²) in [6.07, 6.45) is 5.11. The van der Waals surface area contributed by atoms with Gasteiger partial charge in [0.25, 0.3) is 0 Å². The van der Waals surface area contributed by atoms with Crippen LogP contribution in [-0.2, 0) is 32.6 Å². The van der Waals surface area contributed by atoms with E-state index in [0.717, 1.165) is 50.0 Å². The molecule has 2 amide bonds. The third kappa shape index (κ3) is 5.73. The van der Waals surface area contributed by atoms with Gasteiger partial charge in [0.1, 0.15) is 6.04 Å². The molecular weight excluding hydrogens is 488 g/mol. The van der Waals surface area contributed by atoms with Crippen LogP contribution in [0.25, 0.3) is 0 Å². The minimum atomic E-state index is -3.91. The fraction of sp³-hybridized carbons (Fsp3) is 0.500. The summed E-state index contributed by atoms with van der Waals surface area (Å²) in [5, 5.41) is 5.83. The summed E-state index contributed by atoms with van der Waals surface area (Å²) in [4.78, 5) is 28.5. The summed E-state index contributed by atoms with van der Waals surface area (Å²) in [6, 6.07) is 11.9. The van der Waals surface area contributed by atoms with Crippen molar-refractivity contribution < 1.29 is 18.0 Å². The SMILES string of the molecule is Cc1ccc(S(=O)(=O)N2CCNC(=O)[C@H]2CC(=O)N[C@@H]2CCCc3cc(CN4CCCC4)ccc32)cc1. The minimum absolute atomic E-state index is 0.129. The molecule has 9 heteroatoms. The molecule has 37 heavy (non-hydrogen) atoms. The number of carbonyl (C=O) groups is 2. The molecule has 2 N–H and O–H groups in total. The molecule has 198 valence electrons. The Bertz CT molecular complexity index is 1260. The highest BCUT2D eigenvalue weighted by Gasteiger charge is 2.40. The third-order valence-corrected chi connectivity index (χ3v) is 9.67. The van der Waals surface area contributed by atoms with Gasteiger partial charge >= 0.3 is 0 Å². The van der Waals surface area contributed by atoms with E-state index < -0.39 is 22.0 Å². The number of nitrogens with zero attached hydrogens (tertiary/aromatic N) is 2. The molecule has 0 unspecified atom stereocenters. The van der Waals surface area contributed by atoms with Crippen molar-refractivity contribution in [3.63, 3.8) is 0 Å². The van der Waals surface area contributed by atoms with Gasteiger partial charge in [0.2, 0.25) is 21.8 Å². The molecule has 5 rings (SSSR count). The molecule has 2 atom stereocenters. The number of carbonyl (C=O) groups excluding carboxylic acids is 2. The van der Waals surface area contributed by atoms with Crippen molar-refractivity contribution >= 4 is 21.8 Å². The molecule has 2 heterocycles. The number of fused-ring (bicyclic) bond motifs is 1. The van der Waals surface area contributed by atoms with Crippen molar-refractivity contribution in [2.45, 2.75) is 69.0 Å². The first-order chi connectivity index (χ1) is 17.8. The molecule has 2 aromatic carbocycles. The topological polar surface area (TPSA) is 98.8 Å². The van der Waals surface area contributed by atoms with E-state index in [-0.39, 0.29) is 36.4 Å². The number of aryl methyl sites for hydroxylation is 2. The lowest BCUT2D eigenvalue weighted by atomic mass is 9.86. The average molecular weight is 525 g/mol. The van der Waals surface area contributed by atoms with Crippen molar-refractivity contribution in [3.05, 3.63) is 64.7 Å². The number of hydrogen-bond acceptors (Lipinski definition) is 5. The van der Waals surface area contributed by atoms with Gasteiger partial charge in [-0.15, -0.1) is 0 Å². The fourth-order valence-electron chi connectivity index (χ4n) is 5.77. The molecule has 0 radical (unpaired) electrons. The summed E-state index contributed by atoms with van der Waals surface area (Å²) < 4.78 is 27.9. The first-order valence-corrected chi connectivity index (χ1v) is 14.7. The van der Waals surface area contributed by atoms with E-state index in [9.17, 15) is 18.0 Å². The van der Waals surface area contributed by atoms with Crippen LogP contribution in [-0.4, -0.2) is 61.7 Å². The minimum Gasteiger partial charge on any atom is -0.353 e. The van der Waals surface area contributed by atoms with E-state index >= 15 is 0 Å². The van der Waals surface area contributed by atoms with Gasteiger partial charge in [-0.25, -0.2) is 8.42 Å². The lowest BCUT2D eigenvalue weighted by Crippen LogP contribution is -2.58. The zero-order valence-corrected chi connectivity index (χ0v) is 22.2. The Labute approximate surface area is 219 Å². The largest absolute Gasteiger partial charge is 0.353 e. The van der Waals surface area contributed by atoms with Crippen molar-refractivity contribution in [2.24, 2.45) is 0 Å². The van der Waals surface area contributed by atoms with Gasteiger partial charge in [0, 0.05) is 19.6 Å². The van der Waals surface area contributed by atoms with Gasteiger partial charge in [-0.1, -0.05) is 35.9 Å². The Morgan fingerprint density at radius 1 is 1.05 bits per heavy atom. The maximum absolute atomic E-state index is 13.4. The van der Waals surface area contributed by atoms with Crippen molar-refractivity contribution in [1.82, 2.24) is 19.8 Å². The molecule has 0 saturated carbocycles. The normalized spacial score (nSPS) is 22.9. The molecule has 8 nitrogen and oxygen atoms in total. The van der Waals surface area contributed by atoms with E-state index in [4.69, 9.17) is 0 Å². The number of rotatable bonds is 7. The maximum Gasteiger partial charge on any atom is 0.243 e. The summed E-state index contributed by atoms with van der Waals surface area (Å²) in [6.45, 7) is 5.51. The maximum atomic E-state index is 13.4. The van der Waals surface area contributed by atoms with Gasteiger partial charge in [-0.05, 0) is 80.9 Å². The highest BCUT2D eigenvalue weighted by molar-refractivity contribution is 7.89. The number of benzene rings is 2. The van der Waals surface area contributed by atoms with Gasteiger partial charge in [-0.3, -0.25) is 14.5 Å². The zero-order valence-electron chi connectivity index (χ0n) is 21.4. The highest BCUT2D eigenvalue weighted by atomic mass is 32.2. The number of sulfonamides is 1. The van der Waals surface area contributed by atoms with Crippen LogP contribution in [0.5, 0.6) is 0 Å². The molecule has 2 fully saturated rings. The van der Waals surface area contributed by atoms with Crippen LogP contribution in [0.3, 0.4) is 0 Å². The third-order valence-electron chi connectivity index (χ3n) is 7.75. The fourth-order valence-corrected chi connectivity index (χ4v) is 7.35. The molecule has 2 saturated heterocycles. The van der Waals surface area contributed by atoms with E-state index in [1.54, 1.807) is 24.3 Å². The average Bonchev–Trinajstić information content (AvgIpc) is 3.38. The number of piperazine rings is 1. The summed E-state index contributed by atoms with van der Waals surface area (Å²) >= 11 is 0. The Morgan fingerprint density at radius 2 is 1.81 bits per heavy atom. The van der Waals surface area contributed by atoms with Crippen molar-refractivity contribution in [2.75, 3.05) is 26.2 Å². The van der Waals surface area contributed by atoms with Crippen molar-refractivity contribution in [1.29, 1.82) is 0 Å². The van der Waals surface area contributed by atoms with Gasteiger partial charge in [-0.2, -0.15) is 4.31 Å². The summed E-state index contributed by atoms with van der Waals surface area (Å²) in [5.74, 6) is -0.752. The standard InChI is InChI=1S/C28H36N4O4S/c1-20-7-10-23(11-8-20)37(35,36)32-16-13-29-28(34)26(32)18-27(33)30-25-6-4-5-22-17-21(9-12-24(22)25)19-31-14-2-3-15-31/h7-12,17,25-26H,2-6,13-16,18-19H2,1H3,(H,29,34)(H,30,33)/t25-,26-/m1/s1. The Hall–Kier alpha value is -2.75. The highest BCUT2D eigenvalue weighted by Crippen LogP contribution is 2.31. The second-order valence-electron chi connectivity index (χ2n) is 10.5. The van der Waals surface area contributed by atoms with Crippen LogP contribution in [0, 0.1) is 6.92 Å². The molecule has 2 aliphatic heterocycles. The van der Waals surface area contributed by atoms with Crippen LogP contribution >= 0.6 is 0 Å². The predicted octanol–water partition coefficient (Wildman–Crippen LogP) is 2.66. The number of hydrogen-bond donors (Lipinski definition) is 2. The molecule has 1 aliphatic carbocycles. The Kier molecular flexibility index (Phi) is 7.65. The molecule has 0 aromatic heterocycles. The van der Waals surface area contributed by atoms with E-state index in [1.165, 1.54) is 28.3 Å². The quantitative estimate of drug-likeness (QED) is 0.580. The van der Waals surface area contributed by atoms with E-state index in [0.29, 0.717) is 0 Å². The predicted molar refractivity (Wildman–Crippen MR) is 141 cm³/mol. The molecule has 0 spiro atoms. The van der Waals surface area contributed by atoms with Crippen LogP contribution in [0.1, 0.15) is 60.4 Å². The second-order valence-corrected chi connectivity index (χ2v) is 12.4. The molecular formula is C28H36N4O4S. The van der Waals surface area contributed by atoms with Crippen LogP contribution in [0.2, 0.25) is 0 Å². The summed E-state index contributed by atoms with van der Waals surface area (Å²) in [5.41, 5.74) is 4.65. The van der Waals surface area contributed by atoms with Gasteiger partial charge < -0.3 is 10.6 Å².